The van der Waals surface area contributed by atoms with Gasteiger partial charge in [-0.05, 0) is 30.3 Å². The van der Waals surface area contributed by atoms with E-state index >= 15 is 0 Å². The fourth-order valence-corrected chi connectivity index (χ4v) is 2.52. The van der Waals surface area contributed by atoms with Crippen molar-refractivity contribution in [3.8, 4) is 11.5 Å². The number of methoxy groups -OCH3 is 1. The lowest BCUT2D eigenvalue weighted by atomic mass is 9.94. The highest BCUT2D eigenvalue weighted by Crippen LogP contribution is 2.38. The summed E-state index contributed by atoms with van der Waals surface area (Å²) < 4.78 is 47.6. The number of para-hydroxylation sites is 1. The van der Waals surface area contributed by atoms with Crippen molar-refractivity contribution in [3.63, 3.8) is 0 Å². The molecular formula is C20H19ClF3NO4. The van der Waals surface area contributed by atoms with Crippen LogP contribution in [0.25, 0.3) is 0 Å². The van der Waals surface area contributed by atoms with E-state index in [0.29, 0.717) is 0 Å². The second-order valence-electron chi connectivity index (χ2n) is 7.11. The van der Waals surface area contributed by atoms with E-state index in [-0.39, 0.29) is 27.9 Å². The Morgan fingerprint density at radius 1 is 1.03 bits per heavy atom. The number of amides is 1. The number of hydrogen-bond acceptors (Lipinski definition) is 4. The predicted molar refractivity (Wildman–Crippen MR) is 103 cm³/mol. The quantitative estimate of drug-likeness (QED) is 0.641. The van der Waals surface area contributed by atoms with Crippen molar-refractivity contribution >= 4 is 29.0 Å². The zero-order chi connectivity index (χ0) is 22.0. The topological polar surface area (TPSA) is 64.6 Å². The third kappa shape index (κ3) is 5.63. The van der Waals surface area contributed by atoms with Gasteiger partial charge in [0.1, 0.15) is 0 Å². The molecule has 0 aliphatic heterocycles. The maximum Gasteiger partial charge on any atom is 0.573 e. The number of halogens is 4. The number of anilines is 1. The lowest BCUT2D eigenvalue weighted by Crippen LogP contribution is -2.28. The van der Waals surface area contributed by atoms with E-state index in [1.165, 1.54) is 36.4 Å². The van der Waals surface area contributed by atoms with Crippen LogP contribution in [0.3, 0.4) is 0 Å². The summed E-state index contributed by atoms with van der Waals surface area (Å²) >= 11 is 5.98. The second kappa shape index (κ2) is 8.32. The highest BCUT2D eigenvalue weighted by molar-refractivity contribution is 6.31. The summed E-state index contributed by atoms with van der Waals surface area (Å²) in [6.45, 7) is 5.03. The zero-order valence-electron chi connectivity index (χ0n) is 16.1. The number of alkyl halides is 3. The van der Waals surface area contributed by atoms with Gasteiger partial charge in [0.25, 0.3) is 0 Å². The first-order valence-corrected chi connectivity index (χ1v) is 8.79. The summed E-state index contributed by atoms with van der Waals surface area (Å²) in [5.74, 6) is -2.25. The Kier molecular flexibility index (Phi) is 6.47. The molecule has 0 aliphatic rings. The van der Waals surface area contributed by atoms with Gasteiger partial charge in [0.15, 0.2) is 17.3 Å². The molecule has 2 aromatic rings. The van der Waals surface area contributed by atoms with Gasteiger partial charge in [0, 0.05) is 16.0 Å². The second-order valence-corrected chi connectivity index (χ2v) is 7.54. The van der Waals surface area contributed by atoms with E-state index in [9.17, 15) is 22.8 Å². The summed E-state index contributed by atoms with van der Waals surface area (Å²) in [6, 6.07) is 7.88. The Morgan fingerprint density at radius 2 is 1.69 bits per heavy atom. The largest absolute Gasteiger partial charge is 0.573 e. The first-order chi connectivity index (χ1) is 13.3. The van der Waals surface area contributed by atoms with E-state index in [1.807, 2.05) is 0 Å². The number of benzene rings is 2. The van der Waals surface area contributed by atoms with Crippen LogP contribution in [-0.4, -0.2) is 25.2 Å². The summed E-state index contributed by atoms with van der Waals surface area (Å²) in [4.78, 5) is 25.4. The van der Waals surface area contributed by atoms with Gasteiger partial charge in [-0.15, -0.1) is 13.2 Å². The number of nitrogens with one attached hydrogen (secondary N) is 1. The Morgan fingerprint density at radius 3 is 2.24 bits per heavy atom. The van der Waals surface area contributed by atoms with Crippen LogP contribution in [0.4, 0.5) is 18.9 Å². The van der Waals surface area contributed by atoms with Crippen LogP contribution in [0.2, 0.25) is 5.02 Å². The van der Waals surface area contributed by atoms with Gasteiger partial charge in [-0.1, -0.05) is 38.4 Å². The van der Waals surface area contributed by atoms with Crippen LogP contribution < -0.4 is 14.8 Å². The number of rotatable bonds is 5. The lowest BCUT2D eigenvalue weighted by Gasteiger charge is -2.20. The molecular weight excluding hydrogens is 411 g/mol. The molecule has 156 valence electrons. The van der Waals surface area contributed by atoms with Crippen LogP contribution in [0.5, 0.6) is 11.5 Å². The molecule has 0 radical (unpaired) electrons. The molecule has 0 spiro atoms. The van der Waals surface area contributed by atoms with Gasteiger partial charge in [0.2, 0.25) is 5.91 Å². The van der Waals surface area contributed by atoms with Crippen molar-refractivity contribution in [2.75, 3.05) is 12.4 Å². The third-order valence-electron chi connectivity index (χ3n) is 3.82. The number of ether oxygens (including phenoxy) is 2. The molecule has 2 aromatic carbocycles. The van der Waals surface area contributed by atoms with Gasteiger partial charge in [0.05, 0.1) is 18.4 Å². The first-order valence-electron chi connectivity index (χ1n) is 8.42. The monoisotopic (exact) mass is 429 g/mol. The van der Waals surface area contributed by atoms with Crippen LogP contribution >= 0.6 is 11.6 Å². The SMILES string of the molecule is COc1cccc(C(=O)c2cc(Cl)ccc2NC(=O)C(C)(C)C)c1OC(F)(F)F. The van der Waals surface area contributed by atoms with Crippen molar-refractivity contribution in [2.45, 2.75) is 27.1 Å². The van der Waals surface area contributed by atoms with Crippen molar-refractivity contribution in [2.24, 2.45) is 5.41 Å². The summed E-state index contributed by atoms with van der Waals surface area (Å²) in [5, 5.41) is 2.78. The molecule has 0 fully saturated rings. The molecule has 0 aromatic heterocycles. The fraction of sp³-hybridized carbons (Fsp3) is 0.300. The summed E-state index contributed by atoms with van der Waals surface area (Å²) in [5.41, 5.74) is -1.13. The normalized spacial score (nSPS) is 11.7. The van der Waals surface area contributed by atoms with E-state index in [1.54, 1.807) is 20.8 Å². The fourth-order valence-electron chi connectivity index (χ4n) is 2.34. The molecule has 0 aliphatic carbocycles. The molecule has 0 unspecified atom stereocenters. The van der Waals surface area contributed by atoms with Crippen LogP contribution in [0.1, 0.15) is 36.7 Å². The van der Waals surface area contributed by atoms with Gasteiger partial charge in [-0.2, -0.15) is 0 Å². The molecule has 1 N–H and O–H groups in total. The van der Waals surface area contributed by atoms with Gasteiger partial charge in [-0.25, -0.2) is 0 Å². The molecule has 0 saturated carbocycles. The predicted octanol–water partition coefficient (Wildman–Crippen LogP) is 5.46. The smallest absolute Gasteiger partial charge is 0.493 e. The number of carbonyl (C=O) groups excluding carboxylic acids is 2. The Balaban J connectivity index is 2.58. The highest BCUT2D eigenvalue weighted by atomic mass is 35.5. The number of ketones is 1. The van der Waals surface area contributed by atoms with Crippen LogP contribution in [0.15, 0.2) is 36.4 Å². The molecule has 0 bridgehead atoms. The Labute approximate surface area is 170 Å². The van der Waals surface area contributed by atoms with Crippen molar-refractivity contribution in [1.82, 2.24) is 0 Å². The minimum Gasteiger partial charge on any atom is -0.493 e. The van der Waals surface area contributed by atoms with Gasteiger partial charge in [-0.3, -0.25) is 9.59 Å². The van der Waals surface area contributed by atoms with E-state index in [0.717, 1.165) is 7.11 Å². The number of hydrogen-bond donors (Lipinski definition) is 1. The molecule has 0 saturated heterocycles. The molecule has 0 atom stereocenters. The van der Waals surface area contributed by atoms with Crippen LogP contribution in [-0.2, 0) is 4.79 Å². The molecule has 5 nitrogen and oxygen atoms in total. The minimum absolute atomic E-state index is 0.0876. The molecule has 2 rings (SSSR count). The lowest BCUT2D eigenvalue weighted by molar-refractivity contribution is -0.275. The zero-order valence-corrected chi connectivity index (χ0v) is 16.9. The molecule has 9 heteroatoms. The van der Waals surface area contributed by atoms with Crippen molar-refractivity contribution in [1.29, 1.82) is 0 Å². The van der Waals surface area contributed by atoms with Crippen molar-refractivity contribution < 1.29 is 32.2 Å². The molecule has 29 heavy (non-hydrogen) atoms. The average Bonchev–Trinajstić information content (AvgIpc) is 2.60. The minimum atomic E-state index is -5.04. The summed E-state index contributed by atoms with van der Waals surface area (Å²) in [6.07, 6.45) is -5.04. The van der Waals surface area contributed by atoms with Crippen LogP contribution in [0, 0.1) is 5.41 Å². The van der Waals surface area contributed by atoms with Gasteiger partial charge < -0.3 is 14.8 Å². The Bertz CT molecular complexity index is 936. The molecule has 0 heterocycles. The average molecular weight is 430 g/mol. The van der Waals surface area contributed by atoms with E-state index in [4.69, 9.17) is 16.3 Å². The molecule has 1 amide bonds. The summed E-state index contributed by atoms with van der Waals surface area (Å²) in [7, 11) is 1.15. The maximum absolute atomic E-state index is 13.1. The van der Waals surface area contributed by atoms with Gasteiger partial charge >= 0.3 is 6.36 Å². The third-order valence-corrected chi connectivity index (χ3v) is 4.05. The number of carbonyl (C=O) groups is 2. The van der Waals surface area contributed by atoms with E-state index in [2.05, 4.69) is 10.1 Å². The highest BCUT2D eigenvalue weighted by Gasteiger charge is 2.35. The Hall–Kier alpha value is -2.74. The maximum atomic E-state index is 13.1. The van der Waals surface area contributed by atoms with Crippen molar-refractivity contribution in [3.05, 3.63) is 52.5 Å². The standard InChI is InChI=1S/C20H19ClF3NO4/c1-19(2,3)18(27)25-14-9-8-11(21)10-13(14)16(26)12-6-5-7-15(28-4)17(12)29-20(22,23)24/h5-10H,1-4H3,(H,25,27). The first kappa shape index (κ1) is 22.5. The van der Waals surface area contributed by atoms with E-state index < -0.39 is 28.9 Å².